The molecule has 0 aliphatic carbocycles. The van der Waals surface area contributed by atoms with Crippen molar-refractivity contribution in [2.75, 3.05) is 33.4 Å². The second-order valence-electron chi connectivity index (χ2n) is 4.79. The lowest BCUT2D eigenvalue weighted by Gasteiger charge is -2.23. The van der Waals surface area contributed by atoms with Crippen LogP contribution in [0.4, 0.5) is 0 Å². The lowest BCUT2D eigenvalue weighted by Crippen LogP contribution is -2.40. The van der Waals surface area contributed by atoms with Gasteiger partial charge in [0.1, 0.15) is 0 Å². The van der Waals surface area contributed by atoms with Gasteiger partial charge in [-0.1, -0.05) is 13.8 Å². The molecule has 0 saturated carbocycles. The predicted molar refractivity (Wildman–Crippen MR) is 66.9 cm³/mol. The molecule has 2 N–H and O–H groups in total. The summed E-state index contributed by atoms with van der Waals surface area (Å²) < 4.78 is 5.34. The molecule has 4 nitrogen and oxygen atoms in total. The van der Waals surface area contributed by atoms with Gasteiger partial charge >= 0.3 is 0 Å². The van der Waals surface area contributed by atoms with E-state index in [1.165, 1.54) is 0 Å². The Morgan fingerprint density at radius 2 is 2.25 bits per heavy atom. The highest BCUT2D eigenvalue weighted by atomic mass is 35.5. The topological polar surface area (TPSA) is 50.4 Å². The third-order valence-corrected chi connectivity index (χ3v) is 2.95. The molecule has 1 saturated heterocycles. The largest absolute Gasteiger partial charge is 0.381 e. The number of rotatable bonds is 5. The first kappa shape index (κ1) is 15.7. The van der Waals surface area contributed by atoms with Gasteiger partial charge in [-0.25, -0.2) is 0 Å². The standard InChI is InChI=1S/C11H22N2O2.ClH/c1-9(6-12-3)10(14)13-7-11(2)4-5-15-8-11;/h9,12H,4-8H2,1-3H3,(H,13,14);1H. The fourth-order valence-electron chi connectivity index (χ4n) is 1.72. The number of halogens is 1. The lowest BCUT2D eigenvalue weighted by atomic mass is 9.90. The van der Waals surface area contributed by atoms with E-state index in [9.17, 15) is 4.79 Å². The molecule has 0 spiro atoms. The van der Waals surface area contributed by atoms with Crippen LogP contribution in [0.3, 0.4) is 0 Å². The van der Waals surface area contributed by atoms with Gasteiger partial charge in [-0.15, -0.1) is 12.4 Å². The first-order valence-electron chi connectivity index (χ1n) is 5.57. The van der Waals surface area contributed by atoms with Gasteiger partial charge < -0.3 is 15.4 Å². The molecule has 0 aromatic heterocycles. The summed E-state index contributed by atoms with van der Waals surface area (Å²) in [4.78, 5) is 11.6. The smallest absolute Gasteiger partial charge is 0.224 e. The van der Waals surface area contributed by atoms with E-state index in [4.69, 9.17) is 4.74 Å². The van der Waals surface area contributed by atoms with Crippen molar-refractivity contribution in [1.82, 2.24) is 10.6 Å². The number of hydrogen-bond donors (Lipinski definition) is 2. The van der Waals surface area contributed by atoms with E-state index in [-0.39, 0.29) is 29.6 Å². The zero-order chi connectivity index (χ0) is 11.3. The van der Waals surface area contributed by atoms with Crippen LogP contribution in [0.1, 0.15) is 20.3 Å². The van der Waals surface area contributed by atoms with Crippen LogP contribution < -0.4 is 10.6 Å². The van der Waals surface area contributed by atoms with E-state index in [0.717, 1.165) is 32.7 Å². The predicted octanol–water partition coefficient (Wildman–Crippen LogP) is 0.806. The molecule has 0 bridgehead atoms. The van der Waals surface area contributed by atoms with Crippen molar-refractivity contribution < 1.29 is 9.53 Å². The fraction of sp³-hybridized carbons (Fsp3) is 0.909. The zero-order valence-corrected chi connectivity index (χ0v) is 11.2. The minimum atomic E-state index is 0. The number of carbonyl (C=O) groups excluding carboxylic acids is 1. The van der Waals surface area contributed by atoms with Crippen LogP contribution in [0, 0.1) is 11.3 Å². The Hall–Kier alpha value is -0.320. The molecule has 2 atom stereocenters. The number of nitrogens with one attached hydrogen (secondary N) is 2. The van der Waals surface area contributed by atoms with Crippen LogP contribution in [0.15, 0.2) is 0 Å². The average Bonchev–Trinajstić information content (AvgIpc) is 2.63. The van der Waals surface area contributed by atoms with Crippen LogP contribution >= 0.6 is 12.4 Å². The molecule has 2 unspecified atom stereocenters. The second-order valence-corrected chi connectivity index (χ2v) is 4.79. The van der Waals surface area contributed by atoms with Crippen molar-refractivity contribution in [2.45, 2.75) is 20.3 Å². The summed E-state index contributed by atoms with van der Waals surface area (Å²) in [5, 5.41) is 5.99. The number of hydrogen-bond acceptors (Lipinski definition) is 3. The van der Waals surface area contributed by atoms with Crippen molar-refractivity contribution in [2.24, 2.45) is 11.3 Å². The van der Waals surface area contributed by atoms with E-state index < -0.39 is 0 Å². The minimum absolute atomic E-state index is 0. The van der Waals surface area contributed by atoms with Crippen LogP contribution in [0.25, 0.3) is 0 Å². The highest BCUT2D eigenvalue weighted by Crippen LogP contribution is 2.26. The van der Waals surface area contributed by atoms with E-state index in [0.29, 0.717) is 0 Å². The Labute approximate surface area is 104 Å². The minimum Gasteiger partial charge on any atom is -0.381 e. The van der Waals surface area contributed by atoms with Crippen LogP contribution in [-0.4, -0.2) is 39.3 Å². The third kappa shape index (κ3) is 4.68. The van der Waals surface area contributed by atoms with Crippen molar-refractivity contribution in [1.29, 1.82) is 0 Å². The SMILES string of the molecule is CNCC(C)C(=O)NCC1(C)CCOC1.Cl. The van der Waals surface area contributed by atoms with Crippen LogP contribution in [0.5, 0.6) is 0 Å². The van der Waals surface area contributed by atoms with Crippen molar-refractivity contribution in [3.63, 3.8) is 0 Å². The van der Waals surface area contributed by atoms with Gasteiger partial charge in [0.15, 0.2) is 0 Å². The van der Waals surface area contributed by atoms with Crippen molar-refractivity contribution >= 4 is 18.3 Å². The van der Waals surface area contributed by atoms with Crippen LogP contribution in [0.2, 0.25) is 0 Å². The quantitative estimate of drug-likeness (QED) is 0.759. The zero-order valence-electron chi connectivity index (χ0n) is 10.3. The monoisotopic (exact) mass is 250 g/mol. The van der Waals surface area contributed by atoms with Gasteiger partial charge in [-0.05, 0) is 13.5 Å². The maximum Gasteiger partial charge on any atom is 0.224 e. The number of ether oxygens (including phenoxy) is 1. The summed E-state index contributed by atoms with van der Waals surface area (Å²) >= 11 is 0. The van der Waals surface area contributed by atoms with Gasteiger partial charge in [0.05, 0.1) is 6.61 Å². The summed E-state index contributed by atoms with van der Waals surface area (Å²) in [7, 11) is 1.86. The van der Waals surface area contributed by atoms with E-state index >= 15 is 0 Å². The van der Waals surface area contributed by atoms with Gasteiger partial charge in [0.2, 0.25) is 5.91 Å². The Morgan fingerprint density at radius 1 is 1.56 bits per heavy atom. The van der Waals surface area contributed by atoms with Crippen LogP contribution in [-0.2, 0) is 9.53 Å². The number of carbonyl (C=O) groups is 1. The fourth-order valence-corrected chi connectivity index (χ4v) is 1.72. The maximum absolute atomic E-state index is 11.6. The van der Waals surface area contributed by atoms with Gasteiger partial charge in [0.25, 0.3) is 0 Å². The molecule has 1 fully saturated rings. The highest BCUT2D eigenvalue weighted by molar-refractivity contribution is 5.85. The first-order chi connectivity index (χ1) is 7.07. The van der Waals surface area contributed by atoms with Gasteiger partial charge in [0, 0.05) is 31.0 Å². The molecular weight excluding hydrogens is 228 g/mol. The highest BCUT2D eigenvalue weighted by Gasteiger charge is 2.30. The molecule has 1 rings (SSSR count). The molecular formula is C11H23ClN2O2. The number of amides is 1. The molecule has 16 heavy (non-hydrogen) atoms. The third-order valence-electron chi connectivity index (χ3n) is 2.95. The molecule has 0 aromatic rings. The average molecular weight is 251 g/mol. The Morgan fingerprint density at radius 3 is 2.75 bits per heavy atom. The summed E-state index contributed by atoms with van der Waals surface area (Å²) in [5.74, 6) is 0.151. The molecule has 1 amide bonds. The molecule has 0 aromatic carbocycles. The lowest BCUT2D eigenvalue weighted by molar-refractivity contribution is -0.124. The molecule has 1 heterocycles. The first-order valence-corrected chi connectivity index (χ1v) is 5.57. The summed E-state index contributed by atoms with van der Waals surface area (Å²) in [6.07, 6.45) is 1.04. The Balaban J connectivity index is 0.00000225. The molecule has 1 aliphatic rings. The molecule has 0 radical (unpaired) electrons. The van der Waals surface area contributed by atoms with Gasteiger partial charge in [-0.3, -0.25) is 4.79 Å². The normalized spacial score (nSPS) is 25.9. The Kier molecular flexibility index (Phi) is 6.95. The van der Waals surface area contributed by atoms with Crippen molar-refractivity contribution in [3.8, 4) is 0 Å². The molecule has 1 aliphatic heterocycles. The summed E-state index contributed by atoms with van der Waals surface area (Å²) in [6.45, 7) is 7.10. The second kappa shape index (κ2) is 7.09. The molecule has 96 valence electrons. The van der Waals surface area contributed by atoms with E-state index in [2.05, 4.69) is 17.6 Å². The molecule has 5 heteroatoms. The van der Waals surface area contributed by atoms with Crippen molar-refractivity contribution in [3.05, 3.63) is 0 Å². The maximum atomic E-state index is 11.6. The summed E-state index contributed by atoms with van der Waals surface area (Å²) in [5.41, 5.74) is 0.134. The Bertz CT molecular complexity index is 218. The summed E-state index contributed by atoms with van der Waals surface area (Å²) in [6, 6.07) is 0. The van der Waals surface area contributed by atoms with E-state index in [1.54, 1.807) is 0 Å². The van der Waals surface area contributed by atoms with E-state index in [1.807, 2.05) is 14.0 Å². The van der Waals surface area contributed by atoms with Gasteiger partial charge in [-0.2, -0.15) is 0 Å².